The maximum absolute atomic E-state index is 12.7. The van der Waals surface area contributed by atoms with Crippen molar-refractivity contribution < 1.29 is 14.3 Å². The lowest BCUT2D eigenvalue weighted by Crippen LogP contribution is -2.36. The molecule has 1 fully saturated rings. The number of aryl methyl sites for hydroxylation is 1. The van der Waals surface area contributed by atoms with Crippen LogP contribution in [0.4, 0.5) is 0 Å². The fourth-order valence-electron chi connectivity index (χ4n) is 4.54. The van der Waals surface area contributed by atoms with Crippen molar-refractivity contribution in [2.45, 2.75) is 45.0 Å². The van der Waals surface area contributed by atoms with Crippen molar-refractivity contribution in [2.24, 2.45) is 10.1 Å². The van der Waals surface area contributed by atoms with Gasteiger partial charge in [0.05, 0.1) is 37.6 Å². The predicted molar refractivity (Wildman–Crippen MR) is 129 cm³/mol. The number of rotatable bonds is 6. The SMILES string of the molecule is COc1c(C)cnc(Cn2nc3cc(CC(=O)N[C@H]4CCOC4)c4c-3c(n2)C(N)=NSC4)c1C. The van der Waals surface area contributed by atoms with E-state index >= 15 is 0 Å². The van der Waals surface area contributed by atoms with Crippen LogP contribution in [0.15, 0.2) is 16.7 Å². The van der Waals surface area contributed by atoms with Crippen molar-refractivity contribution in [2.75, 3.05) is 20.3 Å². The molecule has 10 nitrogen and oxygen atoms in total. The second-order valence-electron chi connectivity index (χ2n) is 8.59. The minimum absolute atomic E-state index is 0.0286. The number of amidine groups is 1. The number of ether oxygens (including phenoxy) is 2. The van der Waals surface area contributed by atoms with Gasteiger partial charge in [-0.25, -0.2) is 0 Å². The lowest BCUT2D eigenvalue weighted by atomic mass is 10.1. The van der Waals surface area contributed by atoms with E-state index in [1.807, 2.05) is 19.9 Å². The molecular formula is C23H27N7O3S. The van der Waals surface area contributed by atoms with Crippen molar-refractivity contribution in [3.8, 4) is 17.0 Å². The molecule has 11 heteroatoms. The first kappa shape index (κ1) is 22.6. The molecule has 5 rings (SSSR count). The number of carbonyl (C=O) groups is 1. The molecule has 1 aliphatic carbocycles. The first-order chi connectivity index (χ1) is 16.4. The van der Waals surface area contributed by atoms with Gasteiger partial charge in [0.25, 0.3) is 0 Å². The lowest BCUT2D eigenvalue weighted by molar-refractivity contribution is -0.121. The quantitative estimate of drug-likeness (QED) is 0.510. The van der Waals surface area contributed by atoms with Gasteiger partial charge in [-0.2, -0.15) is 19.4 Å². The maximum Gasteiger partial charge on any atom is 0.224 e. The van der Waals surface area contributed by atoms with E-state index in [1.165, 1.54) is 11.9 Å². The van der Waals surface area contributed by atoms with Gasteiger partial charge in [-0.15, -0.1) is 0 Å². The Morgan fingerprint density at radius 3 is 3.00 bits per heavy atom. The average Bonchev–Trinajstić information content (AvgIpc) is 3.39. The second-order valence-corrected chi connectivity index (χ2v) is 9.32. The number of nitrogens with two attached hydrogens (primary N) is 1. The van der Waals surface area contributed by atoms with Gasteiger partial charge >= 0.3 is 0 Å². The summed E-state index contributed by atoms with van der Waals surface area (Å²) in [5, 5.41) is 12.5. The molecule has 178 valence electrons. The number of nitrogens with one attached hydrogen (secondary N) is 1. The highest BCUT2D eigenvalue weighted by molar-refractivity contribution is 7.97. The highest BCUT2D eigenvalue weighted by atomic mass is 32.2. The summed E-state index contributed by atoms with van der Waals surface area (Å²) in [6, 6.07) is 2.04. The maximum atomic E-state index is 12.7. The minimum Gasteiger partial charge on any atom is -0.496 e. The summed E-state index contributed by atoms with van der Waals surface area (Å²) in [4.78, 5) is 18.9. The molecule has 1 amide bonds. The molecule has 0 saturated carbocycles. The smallest absolute Gasteiger partial charge is 0.224 e. The highest BCUT2D eigenvalue weighted by Gasteiger charge is 2.28. The molecule has 4 heterocycles. The van der Waals surface area contributed by atoms with Crippen LogP contribution in [0.2, 0.25) is 0 Å². The largest absolute Gasteiger partial charge is 0.496 e. The summed E-state index contributed by atoms with van der Waals surface area (Å²) in [6.07, 6.45) is 2.89. The lowest BCUT2D eigenvalue weighted by Gasteiger charge is -2.15. The van der Waals surface area contributed by atoms with Crippen molar-refractivity contribution >= 4 is 23.7 Å². The number of hydrogen-bond donors (Lipinski definition) is 2. The van der Waals surface area contributed by atoms with Crippen LogP contribution in [0.5, 0.6) is 5.75 Å². The van der Waals surface area contributed by atoms with Gasteiger partial charge in [0.15, 0.2) is 5.84 Å². The predicted octanol–water partition coefficient (Wildman–Crippen LogP) is 1.77. The van der Waals surface area contributed by atoms with Crippen LogP contribution in [0, 0.1) is 13.8 Å². The molecule has 1 saturated heterocycles. The van der Waals surface area contributed by atoms with Crippen LogP contribution in [-0.2, 0) is 28.2 Å². The van der Waals surface area contributed by atoms with Gasteiger partial charge in [0, 0.05) is 35.2 Å². The summed E-state index contributed by atoms with van der Waals surface area (Å²) in [7, 11) is 1.65. The Hall–Kier alpha value is -3.18. The minimum atomic E-state index is -0.0286. The molecule has 1 atom stereocenters. The number of amides is 1. The van der Waals surface area contributed by atoms with E-state index in [2.05, 4.69) is 14.7 Å². The van der Waals surface area contributed by atoms with E-state index in [4.69, 9.17) is 25.4 Å². The molecule has 34 heavy (non-hydrogen) atoms. The van der Waals surface area contributed by atoms with Crippen molar-refractivity contribution in [1.82, 2.24) is 25.3 Å². The Morgan fingerprint density at radius 2 is 2.24 bits per heavy atom. The third kappa shape index (κ3) is 4.21. The van der Waals surface area contributed by atoms with E-state index in [0.717, 1.165) is 51.4 Å². The zero-order valence-corrected chi connectivity index (χ0v) is 20.2. The molecule has 3 aliphatic heterocycles. The molecular weight excluding hydrogens is 454 g/mol. The van der Waals surface area contributed by atoms with Crippen LogP contribution >= 0.6 is 11.9 Å². The van der Waals surface area contributed by atoms with Crippen molar-refractivity contribution in [1.29, 1.82) is 0 Å². The Bertz CT molecular complexity index is 1250. The summed E-state index contributed by atoms with van der Waals surface area (Å²) < 4.78 is 15.3. The first-order valence-corrected chi connectivity index (χ1v) is 12.1. The molecule has 1 aromatic rings. The number of aromatic nitrogens is 4. The van der Waals surface area contributed by atoms with Crippen LogP contribution in [0.25, 0.3) is 11.3 Å². The fraction of sp³-hybridized carbons (Fsp3) is 0.435. The average molecular weight is 482 g/mol. The van der Waals surface area contributed by atoms with Gasteiger partial charge in [0.1, 0.15) is 18.0 Å². The molecule has 4 aliphatic rings. The first-order valence-electron chi connectivity index (χ1n) is 11.2. The van der Waals surface area contributed by atoms with Crippen molar-refractivity contribution in [3.05, 3.63) is 45.9 Å². The van der Waals surface area contributed by atoms with Gasteiger partial charge in [-0.05, 0) is 49.4 Å². The van der Waals surface area contributed by atoms with E-state index in [9.17, 15) is 4.79 Å². The Kier molecular flexibility index (Phi) is 6.13. The number of pyridine rings is 1. The monoisotopic (exact) mass is 481 g/mol. The second kappa shape index (κ2) is 9.22. The van der Waals surface area contributed by atoms with E-state index in [1.54, 1.807) is 18.1 Å². The Balaban J connectivity index is 1.50. The fourth-order valence-corrected chi connectivity index (χ4v) is 5.29. The van der Waals surface area contributed by atoms with Crippen LogP contribution < -0.4 is 15.8 Å². The van der Waals surface area contributed by atoms with E-state index in [-0.39, 0.29) is 18.4 Å². The van der Waals surface area contributed by atoms with E-state index < -0.39 is 0 Å². The van der Waals surface area contributed by atoms with Crippen LogP contribution in [0.3, 0.4) is 0 Å². The normalized spacial score (nSPS) is 17.5. The molecule has 0 aromatic carbocycles. The number of hydrogen-bond acceptors (Lipinski definition) is 9. The molecule has 0 unspecified atom stereocenters. The van der Waals surface area contributed by atoms with Crippen LogP contribution in [-0.4, -0.2) is 58.1 Å². The third-order valence-corrected chi connectivity index (χ3v) is 6.98. The molecule has 0 bridgehead atoms. The topological polar surface area (TPSA) is 130 Å². The van der Waals surface area contributed by atoms with Gasteiger partial charge in [0.2, 0.25) is 5.91 Å². The standard InChI is InChI=1S/C23H27N7O3S/c1-12-8-25-18(13(2)22(12)32-3)9-30-27-17-6-14(7-19(31)26-15-4-5-33-10-15)16-11-34-29-23(24)21(28-30)20(16)17/h6,8,15H,4-5,7,9-11H2,1-3H3,(H2,24,29)(H,26,31)/t15-/m0/s1. The zero-order valence-electron chi connectivity index (χ0n) is 19.4. The van der Waals surface area contributed by atoms with Crippen LogP contribution in [0.1, 0.15) is 40.1 Å². The number of carbonyl (C=O) groups excluding carboxylic acids is 1. The Labute approximate surface area is 201 Å². The Morgan fingerprint density at radius 1 is 1.38 bits per heavy atom. The zero-order chi connectivity index (χ0) is 23.8. The molecule has 1 aromatic heterocycles. The van der Waals surface area contributed by atoms with Gasteiger partial charge < -0.3 is 20.5 Å². The number of nitrogens with zero attached hydrogens (tertiary/aromatic N) is 5. The van der Waals surface area contributed by atoms with E-state index in [0.29, 0.717) is 37.0 Å². The molecule has 0 spiro atoms. The van der Waals surface area contributed by atoms with Gasteiger partial charge in [-0.1, -0.05) is 0 Å². The van der Waals surface area contributed by atoms with Gasteiger partial charge in [-0.3, -0.25) is 9.78 Å². The number of methoxy groups -OCH3 is 1. The third-order valence-electron chi connectivity index (χ3n) is 6.23. The molecule has 0 radical (unpaired) electrons. The summed E-state index contributed by atoms with van der Waals surface area (Å²) in [5.74, 6) is 1.73. The molecule has 3 N–H and O–H groups in total. The van der Waals surface area contributed by atoms with Crippen molar-refractivity contribution in [3.63, 3.8) is 0 Å². The summed E-state index contributed by atoms with van der Waals surface area (Å²) in [6.45, 7) is 5.54. The summed E-state index contributed by atoms with van der Waals surface area (Å²) >= 11 is 1.36. The summed E-state index contributed by atoms with van der Waals surface area (Å²) in [5.41, 5.74) is 13.1. The highest BCUT2D eigenvalue weighted by Crippen LogP contribution is 2.38.